The SMILES string of the molecule is Cc1noc(CCNC(=O)NC[C@H]2CCCO2)n1. The molecule has 0 aromatic carbocycles. The summed E-state index contributed by atoms with van der Waals surface area (Å²) in [7, 11) is 0. The highest BCUT2D eigenvalue weighted by Gasteiger charge is 2.15. The number of nitrogens with zero attached hydrogens (tertiary/aromatic N) is 2. The van der Waals surface area contributed by atoms with Gasteiger partial charge in [-0.3, -0.25) is 0 Å². The number of aryl methyl sites for hydroxylation is 1. The summed E-state index contributed by atoms with van der Waals surface area (Å²) in [5, 5.41) is 9.18. The van der Waals surface area contributed by atoms with E-state index in [0.29, 0.717) is 31.2 Å². The number of ether oxygens (including phenoxy) is 1. The van der Waals surface area contributed by atoms with Crippen LogP contribution in [0.2, 0.25) is 0 Å². The van der Waals surface area contributed by atoms with E-state index in [1.807, 2.05) is 0 Å². The summed E-state index contributed by atoms with van der Waals surface area (Å²) in [6.07, 6.45) is 2.79. The second-order valence-electron chi connectivity index (χ2n) is 4.26. The predicted molar refractivity (Wildman–Crippen MR) is 63.1 cm³/mol. The van der Waals surface area contributed by atoms with Gasteiger partial charge in [-0.25, -0.2) is 4.79 Å². The molecule has 7 heteroatoms. The van der Waals surface area contributed by atoms with Crippen molar-refractivity contribution in [2.45, 2.75) is 32.3 Å². The molecule has 2 heterocycles. The lowest BCUT2D eigenvalue weighted by molar-refractivity contribution is 0.111. The number of rotatable bonds is 5. The van der Waals surface area contributed by atoms with Gasteiger partial charge in [-0.05, 0) is 19.8 Å². The Bertz CT molecular complexity index is 387. The molecule has 1 fully saturated rings. The highest BCUT2D eigenvalue weighted by molar-refractivity contribution is 5.73. The average Bonchev–Trinajstić information content (AvgIpc) is 2.98. The second-order valence-corrected chi connectivity index (χ2v) is 4.26. The van der Waals surface area contributed by atoms with Crippen LogP contribution in [0.3, 0.4) is 0 Å². The Hall–Kier alpha value is -1.63. The fraction of sp³-hybridized carbons (Fsp3) is 0.727. The first-order valence-electron chi connectivity index (χ1n) is 6.16. The largest absolute Gasteiger partial charge is 0.376 e. The van der Waals surface area contributed by atoms with Crippen LogP contribution in [0.4, 0.5) is 4.79 Å². The first-order chi connectivity index (χ1) is 8.74. The molecule has 0 aliphatic carbocycles. The molecular formula is C11H18N4O3. The zero-order valence-corrected chi connectivity index (χ0v) is 10.4. The summed E-state index contributed by atoms with van der Waals surface area (Å²) in [6.45, 7) is 3.59. The Morgan fingerprint density at radius 2 is 2.39 bits per heavy atom. The van der Waals surface area contributed by atoms with Crippen molar-refractivity contribution in [3.63, 3.8) is 0 Å². The minimum absolute atomic E-state index is 0.161. The van der Waals surface area contributed by atoms with Crippen molar-refractivity contribution in [2.24, 2.45) is 0 Å². The van der Waals surface area contributed by atoms with Crippen LogP contribution < -0.4 is 10.6 Å². The van der Waals surface area contributed by atoms with E-state index in [-0.39, 0.29) is 12.1 Å². The first-order valence-corrected chi connectivity index (χ1v) is 6.16. The number of hydrogen-bond acceptors (Lipinski definition) is 5. The topological polar surface area (TPSA) is 89.3 Å². The molecule has 0 radical (unpaired) electrons. The molecular weight excluding hydrogens is 236 g/mol. The normalized spacial score (nSPS) is 18.8. The molecule has 7 nitrogen and oxygen atoms in total. The molecule has 1 aliphatic heterocycles. The maximum atomic E-state index is 11.5. The third kappa shape index (κ3) is 3.99. The molecule has 2 rings (SSSR count). The lowest BCUT2D eigenvalue weighted by Crippen LogP contribution is -2.40. The molecule has 1 aromatic rings. The fourth-order valence-corrected chi connectivity index (χ4v) is 1.80. The molecule has 18 heavy (non-hydrogen) atoms. The van der Waals surface area contributed by atoms with Gasteiger partial charge < -0.3 is 19.9 Å². The molecule has 0 saturated carbocycles. The molecule has 1 aliphatic rings. The van der Waals surface area contributed by atoms with Crippen LogP contribution >= 0.6 is 0 Å². The van der Waals surface area contributed by atoms with Gasteiger partial charge in [0.2, 0.25) is 5.89 Å². The van der Waals surface area contributed by atoms with Gasteiger partial charge in [0.05, 0.1) is 6.10 Å². The van der Waals surface area contributed by atoms with E-state index in [1.54, 1.807) is 6.92 Å². The zero-order valence-electron chi connectivity index (χ0n) is 10.4. The number of amides is 2. The van der Waals surface area contributed by atoms with Gasteiger partial charge in [-0.1, -0.05) is 5.16 Å². The fourth-order valence-electron chi connectivity index (χ4n) is 1.80. The van der Waals surface area contributed by atoms with Crippen LogP contribution in [0, 0.1) is 6.92 Å². The van der Waals surface area contributed by atoms with Crippen molar-refractivity contribution in [2.75, 3.05) is 19.7 Å². The van der Waals surface area contributed by atoms with Crippen LogP contribution in [-0.2, 0) is 11.2 Å². The van der Waals surface area contributed by atoms with Crippen molar-refractivity contribution in [3.8, 4) is 0 Å². The number of hydrogen-bond donors (Lipinski definition) is 2. The van der Waals surface area contributed by atoms with Gasteiger partial charge in [-0.2, -0.15) is 4.98 Å². The number of nitrogens with one attached hydrogen (secondary N) is 2. The standard InChI is InChI=1S/C11H18N4O3/c1-8-14-10(18-15-8)4-5-12-11(16)13-7-9-3-2-6-17-9/h9H,2-7H2,1H3,(H2,12,13,16)/t9-/m1/s1. The van der Waals surface area contributed by atoms with E-state index in [2.05, 4.69) is 20.8 Å². The minimum Gasteiger partial charge on any atom is -0.376 e. The van der Waals surface area contributed by atoms with E-state index in [0.717, 1.165) is 19.4 Å². The minimum atomic E-state index is -0.193. The van der Waals surface area contributed by atoms with E-state index >= 15 is 0 Å². The second kappa shape index (κ2) is 6.34. The maximum Gasteiger partial charge on any atom is 0.314 e. The van der Waals surface area contributed by atoms with Crippen molar-refractivity contribution in [1.82, 2.24) is 20.8 Å². The maximum absolute atomic E-state index is 11.5. The van der Waals surface area contributed by atoms with Gasteiger partial charge in [0.1, 0.15) is 0 Å². The van der Waals surface area contributed by atoms with Crippen LogP contribution in [0.15, 0.2) is 4.52 Å². The van der Waals surface area contributed by atoms with E-state index in [1.165, 1.54) is 0 Å². The predicted octanol–water partition coefficient (Wildman–Crippen LogP) is 0.399. The summed E-state index contributed by atoms with van der Waals surface area (Å²) in [6, 6.07) is -0.193. The van der Waals surface area contributed by atoms with Crippen LogP contribution in [0.1, 0.15) is 24.6 Å². The van der Waals surface area contributed by atoms with Gasteiger partial charge >= 0.3 is 6.03 Å². The van der Waals surface area contributed by atoms with Gasteiger partial charge in [0.15, 0.2) is 5.82 Å². The molecule has 2 amide bonds. The number of aromatic nitrogens is 2. The Kier molecular flexibility index (Phi) is 4.52. The van der Waals surface area contributed by atoms with Crippen LogP contribution in [-0.4, -0.2) is 42.0 Å². The van der Waals surface area contributed by atoms with Crippen LogP contribution in [0.5, 0.6) is 0 Å². The summed E-state index contributed by atoms with van der Waals surface area (Å²) in [4.78, 5) is 15.5. The highest BCUT2D eigenvalue weighted by atomic mass is 16.5. The van der Waals surface area contributed by atoms with Crippen molar-refractivity contribution in [1.29, 1.82) is 0 Å². The molecule has 1 saturated heterocycles. The zero-order chi connectivity index (χ0) is 12.8. The first kappa shape index (κ1) is 12.8. The Morgan fingerprint density at radius 1 is 1.50 bits per heavy atom. The molecule has 0 unspecified atom stereocenters. The van der Waals surface area contributed by atoms with E-state index in [4.69, 9.17) is 9.26 Å². The van der Waals surface area contributed by atoms with Gasteiger partial charge in [0.25, 0.3) is 0 Å². The van der Waals surface area contributed by atoms with E-state index in [9.17, 15) is 4.79 Å². The molecule has 2 N–H and O–H groups in total. The average molecular weight is 254 g/mol. The molecule has 1 atom stereocenters. The quantitative estimate of drug-likeness (QED) is 0.793. The smallest absolute Gasteiger partial charge is 0.314 e. The summed E-state index contributed by atoms with van der Waals surface area (Å²) in [5.74, 6) is 1.14. The summed E-state index contributed by atoms with van der Waals surface area (Å²) >= 11 is 0. The molecule has 0 bridgehead atoms. The lowest BCUT2D eigenvalue weighted by Gasteiger charge is -2.11. The number of urea groups is 1. The molecule has 1 aromatic heterocycles. The Labute approximate surface area is 105 Å². The summed E-state index contributed by atoms with van der Waals surface area (Å²) in [5.41, 5.74) is 0. The van der Waals surface area contributed by atoms with Crippen molar-refractivity contribution < 1.29 is 14.1 Å². The van der Waals surface area contributed by atoms with Crippen LogP contribution in [0.25, 0.3) is 0 Å². The lowest BCUT2D eigenvalue weighted by atomic mass is 10.2. The number of carbonyl (C=O) groups is 1. The number of carbonyl (C=O) groups excluding carboxylic acids is 1. The Balaban J connectivity index is 1.57. The Morgan fingerprint density at radius 3 is 3.06 bits per heavy atom. The highest BCUT2D eigenvalue weighted by Crippen LogP contribution is 2.10. The van der Waals surface area contributed by atoms with Gasteiger partial charge in [-0.15, -0.1) is 0 Å². The molecule has 0 spiro atoms. The van der Waals surface area contributed by atoms with Crippen molar-refractivity contribution in [3.05, 3.63) is 11.7 Å². The molecule has 100 valence electrons. The third-order valence-electron chi connectivity index (χ3n) is 2.71. The van der Waals surface area contributed by atoms with Gasteiger partial charge in [0, 0.05) is 26.1 Å². The van der Waals surface area contributed by atoms with Crippen molar-refractivity contribution >= 4 is 6.03 Å². The third-order valence-corrected chi connectivity index (χ3v) is 2.71. The summed E-state index contributed by atoms with van der Waals surface area (Å²) < 4.78 is 10.3. The van der Waals surface area contributed by atoms with E-state index < -0.39 is 0 Å². The monoisotopic (exact) mass is 254 g/mol.